The van der Waals surface area contributed by atoms with E-state index in [9.17, 15) is 9.90 Å². The Bertz CT molecular complexity index is 673. The van der Waals surface area contributed by atoms with Crippen molar-refractivity contribution in [3.8, 4) is 17.2 Å². The normalized spacial score (nSPS) is 11.6. The van der Waals surface area contributed by atoms with Crippen LogP contribution in [0.3, 0.4) is 0 Å². The van der Waals surface area contributed by atoms with Gasteiger partial charge in [-0.15, -0.1) is 0 Å². The van der Waals surface area contributed by atoms with Crippen molar-refractivity contribution in [1.82, 2.24) is 5.32 Å². The first-order chi connectivity index (χ1) is 12.6. The molecule has 7 nitrogen and oxygen atoms in total. The maximum atomic E-state index is 11.0. The van der Waals surface area contributed by atoms with Gasteiger partial charge in [0.1, 0.15) is 36.6 Å². The highest BCUT2D eigenvalue weighted by molar-refractivity contribution is 5.92. The molecule has 0 aliphatic carbocycles. The van der Waals surface area contributed by atoms with E-state index in [1.165, 1.54) is 0 Å². The van der Waals surface area contributed by atoms with Gasteiger partial charge >= 0.3 is 0 Å². The second kappa shape index (κ2) is 10.3. The molecule has 0 saturated heterocycles. The Labute approximate surface area is 152 Å². The maximum Gasteiger partial charge on any atom is 0.248 e. The van der Waals surface area contributed by atoms with E-state index < -0.39 is 12.0 Å². The molecule has 2 aromatic carbocycles. The Morgan fingerprint density at radius 1 is 1.04 bits per heavy atom. The zero-order valence-electron chi connectivity index (χ0n) is 14.7. The third kappa shape index (κ3) is 6.62. The molecule has 7 heteroatoms. The summed E-state index contributed by atoms with van der Waals surface area (Å²) < 4.78 is 16.1. The number of ether oxygens (including phenoxy) is 3. The lowest BCUT2D eigenvalue weighted by Crippen LogP contribution is -2.33. The minimum absolute atomic E-state index is 0.189. The van der Waals surface area contributed by atoms with Crippen LogP contribution in [0.15, 0.2) is 48.5 Å². The third-order valence-electron chi connectivity index (χ3n) is 3.57. The fraction of sp³-hybridized carbons (Fsp3) is 0.316. The number of hydrogen-bond acceptors (Lipinski definition) is 6. The molecule has 26 heavy (non-hydrogen) atoms. The first kappa shape index (κ1) is 19.6. The first-order valence-corrected chi connectivity index (χ1v) is 8.27. The molecule has 140 valence electrons. The summed E-state index contributed by atoms with van der Waals surface area (Å²) in [5.41, 5.74) is 5.62. The number of primary amides is 1. The number of amides is 1. The second-order valence-electron chi connectivity index (χ2n) is 5.58. The number of methoxy groups -OCH3 is 1. The Morgan fingerprint density at radius 3 is 2.23 bits per heavy atom. The van der Waals surface area contributed by atoms with Crippen molar-refractivity contribution in [3.05, 3.63) is 54.1 Å². The zero-order valence-corrected chi connectivity index (χ0v) is 14.7. The van der Waals surface area contributed by atoms with Gasteiger partial charge in [0.05, 0.1) is 7.11 Å². The van der Waals surface area contributed by atoms with Crippen molar-refractivity contribution in [1.29, 1.82) is 0 Å². The van der Waals surface area contributed by atoms with E-state index in [2.05, 4.69) is 5.32 Å². The molecule has 1 amide bonds. The molecule has 0 spiro atoms. The van der Waals surface area contributed by atoms with Gasteiger partial charge in [-0.1, -0.05) is 0 Å². The van der Waals surface area contributed by atoms with Crippen LogP contribution in [-0.2, 0) is 0 Å². The maximum absolute atomic E-state index is 11.0. The van der Waals surface area contributed by atoms with Gasteiger partial charge in [0.15, 0.2) is 0 Å². The highest BCUT2D eigenvalue weighted by atomic mass is 16.5. The largest absolute Gasteiger partial charge is 0.497 e. The van der Waals surface area contributed by atoms with E-state index in [4.69, 9.17) is 19.9 Å². The summed E-state index contributed by atoms with van der Waals surface area (Å²) in [5, 5.41) is 13.0. The Kier molecular flexibility index (Phi) is 7.73. The van der Waals surface area contributed by atoms with Gasteiger partial charge in [-0.2, -0.15) is 0 Å². The van der Waals surface area contributed by atoms with Gasteiger partial charge in [0.25, 0.3) is 0 Å². The molecular weight excluding hydrogens is 336 g/mol. The number of nitrogens with two attached hydrogens (primary N) is 1. The monoisotopic (exact) mass is 360 g/mol. The van der Waals surface area contributed by atoms with E-state index in [-0.39, 0.29) is 6.61 Å². The average molecular weight is 360 g/mol. The molecule has 0 radical (unpaired) electrons. The molecule has 0 aliphatic rings. The second-order valence-corrected chi connectivity index (χ2v) is 5.58. The summed E-state index contributed by atoms with van der Waals surface area (Å²) in [5.74, 6) is 1.61. The van der Waals surface area contributed by atoms with Crippen LogP contribution in [0.1, 0.15) is 10.4 Å². The summed E-state index contributed by atoms with van der Waals surface area (Å²) in [7, 11) is 1.60. The number of nitrogens with one attached hydrogen (secondary N) is 1. The number of hydrogen-bond donors (Lipinski definition) is 3. The highest BCUT2D eigenvalue weighted by Gasteiger charge is 2.05. The molecule has 0 aromatic heterocycles. The smallest absolute Gasteiger partial charge is 0.248 e. The molecule has 0 heterocycles. The summed E-state index contributed by atoms with van der Waals surface area (Å²) in [6, 6.07) is 13.8. The lowest BCUT2D eigenvalue weighted by atomic mass is 10.2. The van der Waals surface area contributed by atoms with E-state index >= 15 is 0 Å². The standard InChI is InChI=1S/C19H24N2O5/c1-24-16-6-8-18(9-7-16)26-13-15(22)12-21-10-11-25-17-4-2-14(3-5-17)19(20)23/h2-9,15,21-22H,10-13H2,1H3,(H2,20,23)/t15-/m0/s1. The van der Waals surface area contributed by atoms with E-state index in [0.717, 1.165) is 5.75 Å². The van der Waals surface area contributed by atoms with Gasteiger partial charge in [0, 0.05) is 18.7 Å². The summed E-state index contributed by atoms with van der Waals surface area (Å²) >= 11 is 0. The highest BCUT2D eigenvalue weighted by Crippen LogP contribution is 2.17. The minimum Gasteiger partial charge on any atom is -0.497 e. The van der Waals surface area contributed by atoms with E-state index in [0.29, 0.717) is 36.8 Å². The summed E-state index contributed by atoms with van der Waals surface area (Å²) in [4.78, 5) is 11.0. The van der Waals surface area contributed by atoms with E-state index in [1.54, 1.807) is 55.6 Å². The number of benzene rings is 2. The average Bonchev–Trinajstić information content (AvgIpc) is 2.67. The molecule has 0 bridgehead atoms. The number of aliphatic hydroxyl groups is 1. The number of carbonyl (C=O) groups is 1. The molecule has 0 aliphatic heterocycles. The van der Waals surface area contributed by atoms with Crippen LogP contribution in [0.5, 0.6) is 17.2 Å². The third-order valence-corrected chi connectivity index (χ3v) is 3.57. The van der Waals surface area contributed by atoms with Gasteiger partial charge in [-0.25, -0.2) is 0 Å². The van der Waals surface area contributed by atoms with Crippen LogP contribution >= 0.6 is 0 Å². The predicted molar refractivity (Wildman–Crippen MR) is 97.8 cm³/mol. The number of carbonyl (C=O) groups excluding carboxylic acids is 1. The van der Waals surface area contributed by atoms with Crippen LogP contribution in [0, 0.1) is 0 Å². The molecule has 4 N–H and O–H groups in total. The van der Waals surface area contributed by atoms with Crippen LogP contribution in [0.4, 0.5) is 0 Å². The van der Waals surface area contributed by atoms with Crippen molar-refractivity contribution >= 4 is 5.91 Å². The van der Waals surface area contributed by atoms with Crippen molar-refractivity contribution in [2.45, 2.75) is 6.10 Å². The van der Waals surface area contributed by atoms with Gasteiger partial charge in [-0.05, 0) is 48.5 Å². The SMILES string of the molecule is COc1ccc(OC[C@@H](O)CNCCOc2ccc(C(N)=O)cc2)cc1. The molecule has 1 atom stereocenters. The number of aliphatic hydroxyl groups excluding tert-OH is 1. The first-order valence-electron chi connectivity index (χ1n) is 8.27. The summed E-state index contributed by atoms with van der Waals surface area (Å²) in [6.45, 7) is 1.58. The molecule has 2 rings (SSSR count). The molecule has 0 unspecified atom stereocenters. The van der Waals surface area contributed by atoms with Crippen molar-refractivity contribution in [3.63, 3.8) is 0 Å². The Balaban J connectivity index is 1.57. The number of rotatable bonds is 11. The van der Waals surface area contributed by atoms with Crippen LogP contribution in [0.25, 0.3) is 0 Å². The van der Waals surface area contributed by atoms with Crippen LogP contribution in [0.2, 0.25) is 0 Å². The fourth-order valence-corrected chi connectivity index (χ4v) is 2.15. The van der Waals surface area contributed by atoms with Crippen molar-refractivity contribution < 1.29 is 24.1 Å². The van der Waals surface area contributed by atoms with Gasteiger partial charge in [-0.3, -0.25) is 4.79 Å². The van der Waals surface area contributed by atoms with Gasteiger partial charge in [0.2, 0.25) is 5.91 Å². The Hall–Kier alpha value is -2.77. The Morgan fingerprint density at radius 2 is 1.62 bits per heavy atom. The molecule has 2 aromatic rings. The van der Waals surface area contributed by atoms with E-state index in [1.807, 2.05) is 0 Å². The minimum atomic E-state index is -0.632. The van der Waals surface area contributed by atoms with Crippen molar-refractivity contribution in [2.75, 3.05) is 33.4 Å². The quantitative estimate of drug-likeness (QED) is 0.521. The molecular formula is C19H24N2O5. The van der Waals surface area contributed by atoms with Crippen LogP contribution < -0.4 is 25.3 Å². The van der Waals surface area contributed by atoms with Crippen LogP contribution in [-0.4, -0.2) is 50.5 Å². The van der Waals surface area contributed by atoms with Gasteiger partial charge < -0.3 is 30.4 Å². The van der Waals surface area contributed by atoms with Crippen molar-refractivity contribution in [2.24, 2.45) is 5.73 Å². The lowest BCUT2D eigenvalue weighted by molar-refractivity contribution is 0.1000. The topological polar surface area (TPSA) is 103 Å². The predicted octanol–water partition coefficient (Wildman–Crippen LogP) is 1.20. The molecule has 0 saturated carbocycles. The lowest BCUT2D eigenvalue weighted by Gasteiger charge is -2.14. The fourth-order valence-electron chi connectivity index (χ4n) is 2.15. The molecule has 0 fully saturated rings. The zero-order chi connectivity index (χ0) is 18.8. The summed E-state index contributed by atoms with van der Waals surface area (Å²) in [6.07, 6.45) is -0.632.